The minimum absolute atomic E-state index is 0.0873. The first-order chi connectivity index (χ1) is 14.3. The molecule has 30 heavy (non-hydrogen) atoms. The number of amides is 2. The fourth-order valence-electron chi connectivity index (χ4n) is 3.48. The van der Waals surface area contributed by atoms with Gasteiger partial charge in [0, 0.05) is 28.9 Å². The van der Waals surface area contributed by atoms with Gasteiger partial charge >= 0.3 is 0 Å². The Kier molecular flexibility index (Phi) is 5.71. The number of hydrogen-bond acceptors (Lipinski definition) is 4. The van der Waals surface area contributed by atoms with Crippen LogP contribution in [0.1, 0.15) is 36.0 Å². The van der Waals surface area contributed by atoms with Crippen LogP contribution in [0.5, 0.6) is 0 Å². The van der Waals surface area contributed by atoms with Gasteiger partial charge in [0.1, 0.15) is 6.04 Å². The molecule has 0 bridgehead atoms. The Morgan fingerprint density at radius 2 is 1.63 bits per heavy atom. The summed E-state index contributed by atoms with van der Waals surface area (Å²) in [5, 5.41) is 3.42. The molecule has 2 aliphatic rings. The lowest BCUT2D eigenvalue weighted by Gasteiger charge is -2.24. The molecule has 1 unspecified atom stereocenters. The zero-order valence-electron chi connectivity index (χ0n) is 16.2. The second kappa shape index (κ2) is 8.28. The lowest BCUT2D eigenvalue weighted by molar-refractivity contribution is -0.125. The quantitative estimate of drug-likeness (QED) is 0.711. The SMILES string of the molecule is O=C(NC1CC1)C1CCCN1C(=O)c1ccc(NS(=O)(=O)c2ccc(Cl)cc2)cc1. The first-order valence-electron chi connectivity index (χ1n) is 9.83. The summed E-state index contributed by atoms with van der Waals surface area (Å²) in [4.78, 5) is 27.0. The summed E-state index contributed by atoms with van der Waals surface area (Å²) >= 11 is 5.80. The summed E-state index contributed by atoms with van der Waals surface area (Å²) < 4.78 is 27.4. The van der Waals surface area contributed by atoms with Crippen LogP contribution in [0.2, 0.25) is 5.02 Å². The number of benzene rings is 2. The fourth-order valence-corrected chi connectivity index (χ4v) is 4.67. The molecule has 1 saturated heterocycles. The largest absolute Gasteiger partial charge is 0.352 e. The minimum Gasteiger partial charge on any atom is -0.352 e. The molecule has 2 amide bonds. The maximum atomic E-state index is 12.9. The van der Waals surface area contributed by atoms with Crippen molar-refractivity contribution in [1.29, 1.82) is 0 Å². The lowest BCUT2D eigenvalue weighted by atomic mass is 10.1. The fraction of sp³-hybridized carbons (Fsp3) is 0.333. The van der Waals surface area contributed by atoms with Crippen molar-refractivity contribution in [2.24, 2.45) is 0 Å². The minimum atomic E-state index is -3.76. The first-order valence-corrected chi connectivity index (χ1v) is 11.7. The maximum Gasteiger partial charge on any atom is 0.261 e. The second-order valence-corrected chi connectivity index (χ2v) is 9.70. The molecule has 1 atom stereocenters. The van der Waals surface area contributed by atoms with Crippen molar-refractivity contribution >= 4 is 39.1 Å². The molecule has 0 spiro atoms. The highest BCUT2D eigenvalue weighted by Crippen LogP contribution is 2.25. The summed E-state index contributed by atoms with van der Waals surface area (Å²) in [7, 11) is -3.76. The maximum absolute atomic E-state index is 12.9. The van der Waals surface area contributed by atoms with Crippen LogP contribution in [-0.2, 0) is 14.8 Å². The van der Waals surface area contributed by atoms with Crippen molar-refractivity contribution in [1.82, 2.24) is 10.2 Å². The topological polar surface area (TPSA) is 95.6 Å². The van der Waals surface area contributed by atoms with Gasteiger partial charge in [-0.3, -0.25) is 14.3 Å². The Morgan fingerprint density at radius 1 is 0.967 bits per heavy atom. The number of carbonyl (C=O) groups excluding carboxylic acids is 2. The number of nitrogens with zero attached hydrogens (tertiary/aromatic N) is 1. The predicted molar refractivity (Wildman–Crippen MR) is 114 cm³/mol. The van der Waals surface area contributed by atoms with Gasteiger partial charge in [0.05, 0.1) is 4.90 Å². The Hall–Kier alpha value is -2.58. The Labute approximate surface area is 180 Å². The molecule has 2 aromatic carbocycles. The summed E-state index contributed by atoms with van der Waals surface area (Å²) in [6.45, 7) is 0.534. The molecule has 4 rings (SSSR count). The van der Waals surface area contributed by atoms with E-state index in [-0.39, 0.29) is 22.8 Å². The monoisotopic (exact) mass is 447 g/mol. The van der Waals surface area contributed by atoms with Gasteiger partial charge in [-0.15, -0.1) is 0 Å². The van der Waals surface area contributed by atoms with E-state index in [0.29, 0.717) is 29.2 Å². The van der Waals surface area contributed by atoms with E-state index >= 15 is 0 Å². The molecule has 158 valence electrons. The van der Waals surface area contributed by atoms with E-state index in [4.69, 9.17) is 11.6 Å². The molecular weight excluding hydrogens is 426 g/mol. The van der Waals surface area contributed by atoms with Crippen LogP contribution in [-0.4, -0.2) is 43.8 Å². The van der Waals surface area contributed by atoms with Gasteiger partial charge in [-0.2, -0.15) is 0 Å². The van der Waals surface area contributed by atoms with Gasteiger partial charge < -0.3 is 10.2 Å². The Morgan fingerprint density at radius 3 is 2.27 bits per heavy atom. The predicted octanol–water partition coefficient (Wildman–Crippen LogP) is 3.02. The lowest BCUT2D eigenvalue weighted by Crippen LogP contribution is -2.46. The van der Waals surface area contributed by atoms with Crippen LogP contribution >= 0.6 is 11.6 Å². The van der Waals surface area contributed by atoms with Crippen LogP contribution in [0.25, 0.3) is 0 Å². The molecule has 2 fully saturated rings. The number of anilines is 1. The van der Waals surface area contributed by atoms with Gasteiger partial charge in [-0.25, -0.2) is 8.42 Å². The Bertz CT molecular complexity index is 1050. The summed E-state index contributed by atoms with van der Waals surface area (Å²) in [5.41, 5.74) is 0.751. The molecule has 1 saturated carbocycles. The van der Waals surface area contributed by atoms with Crippen molar-refractivity contribution in [3.8, 4) is 0 Å². The van der Waals surface area contributed by atoms with Crippen LogP contribution in [0, 0.1) is 0 Å². The van der Waals surface area contributed by atoms with Crippen LogP contribution < -0.4 is 10.0 Å². The number of nitrogens with one attached hydrogen (secondary N) is 2. The third kappa shape index (κ3) is 4.60. The van der Waals surface area contributed by atoms with Crippen molar-refractivity contribution < 1.29 is 18.0 Å². The summed E-state index contributed by atoms with van der Waals surface area (Å²) in [5.74, 6) is -0.314. The number of halogens is 1. The van der Waals surface area contributed by atoms with Gasteiger partial charge in [0.2, 0.25) is 5.91 Å². The number of likely N-dealkylation sites (tertiary alicyclic amines) is 1. The van der Waals surface area contributed by atoms with E-state index < -0.39 is 16.1 Å². The van der Waals surface area contributed by atoms with Gasteiger partial charge in [0.25, 0.3) is 15.9 Å². The highest BCUT2D eigenvalue weighted by molar-refractivity contribution is 7.92. The molecule has 1 heterocycles. The zero-order valence-corrected chi connectivity index (χ0v) is 17.7. The molecular formula is C21H22ClN3O4S. The number of carbonyl (C=O) groups is 2. The zero-order chi connectivity index (χ0) is 21.3. The molecule has 2 N–H and O–H groups in total. The average molecular weight is 448 g/mol. The van der Waals surface area contributed by atoms with Gasteiger partial charge in [-0.1, -0.05) is 11.6 Å². The van der Waals surface area contributed by atoms with Crippen molar-refractivity contribution in [3.05, 3.63) is 59.1 Å². The highest BCUT2D eigenvalue weighted by atomic mass is 35.5. The summed E-state index contributed by atoms with van der Waals surface area (Å²) in [6.07, 6.45) is 3.44. The molecule has 9 heteroatoms. The third-order valence-corrected chi connectivity index (χ3v) is 6.90. The number of sulfonamides is 1. The van der Waals surface area contributed by atoms with E-state index in [1.54, 1.807) is 17.0 Å². The van der Waals surface area contributed by atoms with Crippen molar-refractivity contribution in [2.45, 2.75) is 42.7 Å². The van der Waals surface area contributed by atoms with Crippen LogP contribution in [0.4, 0.5) is 5.69 Å². The van der Waals surface area contributed by atoms with Crippen molar-refractivity contribution in [2.75, 3.05) is 11.3 Å². The molecule has 0 radical (unpaired) electrons. The highest BCUT2D eigenvalue weighted by Gasteiger charge is 2.36. The molecule has 1 aliphatic carbocycles. The van der Waals surface area contributed by atoms with E-state index in [0.717, 1.165) is 19.3 Å². The Balaban J connectivity index is 1.44. The van der Waals surface area contributed by atoms with Gasteiger partial charge in [0.15, 0.2) is 0 Å². The second-order valence-electron chi connectivity index (χ2n) is 7.58. The van der Waals surface area contributed by atoms with E-state index in [2.05, 4.69) is 10.0 Å². The van der Waals surface area contributed by atoms with Gasteiger partial charge in [-0.05, 0) is 74.2 Å². The van der Waals surface area contributed by atoms with E-state index in [1.165, 1.54) is 36.4 Å². The standard InChI is InChI=1S/C21H22ClN3O4S/c22-15-5-11-18(12-6-15)30(28,29)24-17-7-3-14(4-8-17)21(27)25-13-1-2-19(25)20(26)23-16-9-10-16/h3-8,11-12,16,19,24H,1-2,9-10,13H2,(H,23,26). The van der Waals surface area contributed by atoms with Crippen LogP contribution in [0.15, 0.2) is 53.4 Å². The number of hydrogen-bond donors (Lipinski definition) is 2. The molecule has 1 aliphatic heterocycles. The van der Waals surface area contributed by atoms with E-state index in [1.807, 2.05) is 0 Å². The molecule has 2 aromatic rings. The third-order valence-electron chi connectivity index (χ3n) is 5.25. The normalized spacial score (nSPS) is 18.8. The first kappa shape index (κ1) is 20.7. The molecule has 0 aromatic heterocycles. The summed E-state index contributed by atoms with van der Waals surface area (Å²) in [6, 6.07) is 11.9. The van der Waals surface area contributed by atoms with Crippen LogP contribution in [0.3, 0.4) is 0 Å². The smallest absolute Gasteiger partial charge is 0.261 e. The average Bonchev–Trinajstić information content (AvgIpc) is 3.39. The number of rotatable bonds is 6. The van der Waals surface area contributed by atoms with E-state index in [9.17, 15) is 18.0 Å². The molecule has 7 nitrogen and oxygen atoms in total. The van der Waals surface area contributed by atoms with Crippen molar-refractivity contribution in [3.63, 3.8) is 0 Å².